The van der Waals surface area contributed by atoms with Gasteiger partial charge in [0.2, 0.25) is 5.91 Å². The minimum absolute atomic E-state index is 0.176. The first-order chi connectivity index (χ1) is 7.56. The van der Waals surface area contributed by atoms with Crippen molar-refractivity contribution in [2.45, 2.75) is 52.6 Å². The second-order valence-corrected chi connectivity index (χ2v) is 5.66. The lowest BCUT2D eigenvalue weighted by Crippen LogP contribution is -2.34. The van der Waals surface area contributed by atoms with Crippen LogP contribution in [-0.4, -0.2) is 36.0 Å². The molecule has 1 atom stereocenters. The molecule has 0 heterocycles. The normalized spacial score (nSPS) is 12.8. The van der Waals surface area contributed by atoms with Crippen LogP contribution in [0.3, 0.4) is 0 Å². The molecule has 0 rings (SSSR count). The summed E-state index contributed by atoms with van der Waals surface area (Å²) in [5, 5.41) is 6.32. The predicted molar refractivity (Wildman–Crippen MR) is 73.0 cm³/mol. The maximum Gasteiger partial charge on any atom is 0.220 e. The summed E-state index contributed by atoms with van der Waals surface area (Å²) in [6.07, 6.45) is 1.54. The van der Waals surface area contributed by atoms with Crippen LogP contribution in [0, 0.1) is 0 Å². The summed E-state index contributed by atoms with van der Waals surface area (Å²) in [6.45, 7) is 9.35. The molecule has 0 radical (unpaired) electrons. The molecule has 0 aliphatic heterocycles. The van der Waals surface area contributed by atoms with Crippen molar-refractivity contribution in [2.75, 3.05) is 18.1 Å². The molecule has 4 heteroatoms. The second-order valence-electron chi connectivity index (χ2n) is 4.34. The van der Waals surface area contributed by atoms with Crippen LogP contribution in [0.15, 0.2) is 0 Å². The van der Waals surface area contributed by atoms with E-state index >= 15 is 0 Å². The van der Waals surface area contributed by atoms with E-state index in [0.717, 1.165) is 24.5 Å². The zero-order chi connectivity index (χ0) is 12.4. The van der Waals surface area contributed by atoms with Crippen LogP contribution in [0.5, 0.6) is 0 Å². The molecule has 0 saturated carbocycles. The molecule has 0 aromatic rings. The Morgan fingerprint density at radius 1 is 1.31 bits per heavy atom. The summed E-state index contributed by atoms with van der Waals surface area (Å²) >= 11 is 1.86. The van der Waals surface area contributed by atoms with Gasteiger partial charge in [-0.3, -0.25) is 4.79 Å². The minimum atomic E-state index is 0.176. The van der Waals surface area contributed by atoms with Gasteiger partial charge in [-0.25, -0.2) is 0 Å². The van der Waals surface area contributed by atoms with Crippen LogP contribution in [0.1, 0.15) is 40.5 Å². The Morgan fingerprint density at radius 3 is 2.56 bits per heavy atom. The van der Waals surface area contributed by atoms with Crippen molar-refractivity contribution in [1.29, 1.82) is 0 Å². The highest BCUT2D eigenvalue weighted by Crippen LogP contribution is 2.01. The SMILES string of the molecule is CCSCC(C)NC(=O)CCCNC(C)C. The highest BCUT2D eigenvalue weighted by molar-refractivity contribution is 7.99. The predicted octanol–water partition coefficient (Wildman–Crippen LogP) is 2.02. The number of hydrogen-bond acceptors (Lipinski definition) is 3. The van der Waals surface area contributed by atoms with Gasteiger partial charge < -0.3 is 10.6 Å². The van der Waals surface area contributed by atoms with Crippen molar-refractivity contribution >= 4 is 17.7 Å². The summed E-state index contributed by atoms with van der Waals surface area (Å²) in [5.41, 5.74) is 0. The van der Waals surface area contributed by atoms with Gasteiger partial charge in [0, 0.05) is 24.3 Å². The lowest BCUT2D eigenvalue weighted by atomic mass is 10.2. The minimum Gasteiger partial charge on any atom is -0.353 e. The van der Waals surface area contributed by atoms with Crippen molar-refractivity contribution in [1.82, 2.24) is 10.6 Å². The molecular formula is C12H26N2OS. The Kier molecular flexibility index (Phi) is 9.83. The van der Waals surface area contributed by atoms with Gasteiger partial charge in [-0.15, -0.1) is 0 Å². The van der Waals surface area contributed by atoms with Gasteiger partial charge in [-0.2, -0.15) is 11.8 Å². The summed E-state index contributed by atoms with van der Waals surface area (Å²) in [6, 6.07) is 0.790. The molecular weight excluding hydrogens is 220 g/mol. The zero-order valence-corrected chi connectivity index (χ0v) is 11.8. The molecule has 3 nitrogen and oxygen atoms in total. The quantitative estimate of drug-likeness (QED) is 0.612. The van der Waals surface area contributed by atoms with Gasteiger partial charge in [0.05, 0.1) is 0 Å². The number of amides is 1. The third-order valence-corrected chi connectivity index (χ3v) is 3.26. The van der Waals surface area contributed by atoms with Gasteiger partial charge >= 0.3 is 0 Å². The lowest BCUT2D eigenvalue weighted by Gasteiger charge is -2.13. The van der Waals surface area contributed by atoms with E-state index in [0.29, 0.717) is 12.5 Å². The number of rotatable bonds is 9. The first-order valence-corrected chi connectivity index (χ1v) is 7.32. The summed E-state index contributed by atoms with van der Waals surface area (Å²) in [4.78, 5) is 11.5. The largest absolute Gasteiger partial charge is 0.353 e. The van der Waals surface area contributed by atoms with E-state index < -0.39 is 0 Å². The molecule has 0 aliphatic carbocycles. The summed E-state index contributed by atoms with van der Waals surface area (Å²) < 4.78 is 0. The molecule has 0 aromatic carbocycles. The number of carbonyl (C=O) groups excluding carboxylic acids is 1. The van der Waals surface area contributed by atoms with Gasteiger partial charge in [0.15, 0.2) is 0 Å². The van der Waals surface area contributed by atoms with E-state index in [4.69, 9.17) is 0 Å². The van der Waals surface area contributed by atoms with Crippen molar-refractivity contribution < 1.29 is 4.79 Å². The Morgan fingerprint density at radius 2 is 2.00 bits per heavy atom. The average molecular weight is 246 g/mol. The Bertz CT molecular complexity index is 186. The fraction of sp³-hybridized carbons (Fsp3) is 0.917. The monoisotopic (exact) mass is 246 g/mol. The summed E-state index contributed by atoms with van der Waals surface area (Å²) in [5.74, 6) is 2.29. The maximum absolute atomic E-state index is 11.5. The molecule has 1 amide bonds. The van der Waals surface area contributed by atoms with Gasteiger partial charge in [0.25, 0.3) is 0 Å². The van der Waals surface area contributed by atoms with Crippen LogP contribution < -0.4 is 10.6 Å². The van der Waals surface area contributed by atoms with E-state index in [1.165, 1.54) is 0 Å². The highest BCUT2D eigenvalue weighted by Gasteiger charge is 2.06. The van der Waals surface area contributed by atoms with E-state index in [9.17, 15) is 4.79 Å². The Hall–Kier alpha value is -0.220. The van der Waals surface area contributed by atoms with Crippen LogP contribution >= 0.6 is 11.8 Å². The lowest BCUT2D eigenvalue weighted by molar-refractivity contribution is -0.121. The second kappa shape index (κ2) is 9.97. The molecule has 1 unspecified atom stereocenters. The number of nitrogens with one attached hydrogen (secondary N) is 2. The smallest absolute Gasteiger partial charge is 0.220 e. The van der Waals surface area contributed by atoms with Crippen molar-refractivity contribution in [2.24, 2.45) is 0 Å². The number of thioether (sulfide) groups is 1. The maximum atomic E-state index is 11.5. The molecule has 96 valence electrons. The fourth-order valence-corrected chi connectivity index (χ4v) is 2.00. The third-order valence-electron chi connectivity index (χ3n) is 2.11. The van der Waals surface area contributed by atoms with Crippen LogP contribution in [0.25, 0.3) is 0 Å². The zero-order valence-electron chi connectivity index (χ0n) is 11.0. The molecule has 0 aromatic heterocycles. The standard InChI is InChI=1S/C12H26N2OS/c1-5-16-9-11(4)14-12(15)7-6-8-13-10(2)3/h10-11,13H,5-9H2,1-4H3,(H,14,15). The molecule has 16 heavy (non-hydrogen) atoms. The van der Waals surface area contributed by atoms with E-state index in [2.05, 4.69) is 38.3 Å². The third kappa shape index (κ3) is 10.3. The fourth-order valence-electron chi connectivity index (χ4n) is 1.32. The van der Waals surface area contributed by atoms with E-state index in [1.807, 2.05) is 11.8 Å². The molecule has 0 aliphatic rings. The van der Waals surface area contributed by atoms with Crippen molar-refractivity contribution in [3.8, 4) is 0 Å². The van der Waals surface area contributed by atoms with Gasteiger partial charge in [-0.05, 0) is 25.6 Å². The summed E-state index contributed by atoms with van der Waals surface area (Å²) in [7, 11) is 0. The first kappa shape index (κ1) is 15.8. The van der Waals surface area contributed by atoms with E-state index in [1.54, 1.807) is 0 Å². The van der Waals surface area contributed by atoms with E-state index in [-0.39, 0.29) is 11.9 Å². The van der Waals surface area contributed by atoms with Crippen LogP contribution in [0.2, 0.25) is 0 Å². The van der Waals surface area contributed by atoms with Crippen molar-refractivity contribution in [3.05, 3.63) is 0 Å². The van der Waals surface area contributed by atoms with Gasteiger partial charge in [-0.1, -0.05) is 20.8 Å². The van der Waals surface area contributed by atoms with Crippen LogP contribution in [0.4, 0.5) is 0 Å². The molecule has 0 bridgehead atoms. The topological polar surface area (TPSA) is 41.1 Å². The molecule has 0 saturated heterocycles. The molecule has 0 fully saturated rings. The van der Waals surface area contributed by atoms with Gasteiger partial charge in [0.1, 0.15) is 0 Å². The Labute approximate surface area is 104 Å². The number of hydrogen-bond donors (Lipinski definition) is 2. The molecule has 0 spiro atoms. The van der Waals surface area contributed by atoms with Crippen molar-refractivity contribution in [3.63, 3.8) is 0 Å². The van der Waals surface area contributed by atoms with Crippen LogP contribution in [-0.2, 0) is 4.79 Å². The number of carbonyl (C=O) groups is 1. The Balaban J connectivity index is 3.43. The highest BCUT2D eigenvalue weighted by atomic mass is 32.2. The molecule has 2 N–H and O–H groups in total. The average Bonchev–Trinajstić information content (AvgIpc) is 2.21. The first-order valence-electron chi connectivity index (χ1n) is 6.16.